The summed E-state index contributed by atoms with van der Waals surface area (Å²) in [7, 11) is 0. The molecule has 3 aromatic heterocycles. The van der Waals surface area contributed by atoms with Crippen LogP contribution in [0, 0.1) is 0 Å². The molecule has 11 rings (SSSR count). The first-order valence-electron chi connectivity index (χ1n) is 18.0. The van der Waals surface area contributed by atoms with Crippen molar-refractivity contribution in [2.45, 2.75) is 19.3 Å². The zero-order chi connectivity index (χ0) is 35.3. The molecular weight excluding hydrogens is 649 g/mol. The summed E-state index contributed by atoms with van der Waals surface area (Å²) in [6.07, 6.45) is 0. The zero-order valence-corrected chi connectivity index (χ0v) is 29.2. The lowest BCUT2D eigenvalue weighted by Crippen LogP contribution is -2.15. The summed E-state index contributed by atoms with van der Waals surface area (Å²) >= 11 is 0. The molecule has 0 bridgehead atoms. The van der Waals surface area contributed by atoms with Gasteiger partial charge in [-0.3, -0.25) is 0 Å². The largest absolute Gasteiger partial charge is 0.456 e. The van der Waals surface area contributed by atoms with Gasteiger partial charge in [-0.1, -0.05) is 111 Å². The Morgan fingerprint density at radius 1 is 0.434 bits per heavy atom. The van der Waals surface area contributed by atoms with Crippen LogP contribution in [0.4, 0.5) is 0 Å². The van der Waals surface area contributed by atoms with Crippen LogP contribution >= 0.6 is 0 Å². The number of furan rings is 1. The van der Waals surface area contributed by atoms with Gasteiger partial charge in [-0.15, -0.1) is 0 Å². The number of aromatic nitrogens is 4. The second-order valence-electron chi connectivity index (χ2n) is 14.5. The molecule has 1 aliphatic rings. The molecule has 0 unspecified atom stereocenters. The van der Waals surface area contributed by atoms with Gasteiger partial charge in [0.25, 0.3) is 0 Å². The van der Waals surface area contributed by atoms with E-state index in [2.05, 4.69) is 109 Å². The molecule has 0 radical (unpaired) electrons. The summed E-state index contributed by atoms with van der Waals surface area (Å²) in [5, 5.41) is 4.62. The Bertz CT molecular complexity index is 3010. The van der Waals surface area contributed by atoms with Crippen LogP contribution < -0.4 is 0 Å². The van der Waals surface area contributed by atoms with Crippen molar-refractivity contribution in [3.05, 3.63) is 169 Å². The highest BCUT2D eigenvalue weighted by Gasteiger charge is 2.37. The molecule has 0 aliphatic heterocycles. The number of fused-ring (bicyclic) bond motifs is 9. The Morgan fingerprint density at radius 3 is 1.66 bits per heavy atom. The highest BCUT2D eigenvalue weighted by Crippen LogP contribution is 2.53. The summed E-state index contributed by atoms with van der Waals surface area (Å²) in [5.74, 6) is 1.94. The fraction of sp³-hybridized carbons (Fsp3) is 0.0625. The van der Waals surface area contributed by atoms with E-state index in [9.17, 15) is 0 Å². The van der Waals surface area contributed by atoms with Crippen molar-refractivity contribution in [3.63, 3.8) is 0 Å². The van der Waals surface area contributed by atoms with Crippen molar-refractivity contribution in [1.82, 2.24) is 19.5 Å². The maximum Gasteiger partial charge on any atom is 0.164 e. The van der Waals surface area contributed by atoms with E-state index < -0.39 is 0 Å². The minimum Gasteiger partial charge on any atom is -0.456 e. The average Bonchev–Trinajstić information content (AvgIpc) is 3.81. The van der Waals surface area contributed by atoms with Crippen LogP contribution in [0.25, 0.3) is 94.7 Å². The first-order valence-corrected chi connectivity index (χ1v) is 18.0. The lowest BCUT2D eigenvalue weighted by molar-refractivity contribution is 0.647. The van der Waals surface area contributed by atoms with Crippen molar-refractivity contribution in [1.29, 1.82) is 0 Å². The van der Waals surface area contributed by atoms with E-state index in [-0.39, 0.29) is 5.41 Å². The van der Waals surface area contributed by atoms with Crippen LogP contribution in [0.15, 0.2) is 162 Å². The van der Waals surface area contributed by atoms with E-state index in [1.807, 2.05) is 66.7 Å². The van der Waals surface area contributed by atoms with Gasteiger partial charge in [0.15, 0.2) is 17.5 Å². The van der Waals surface area contributed by atoms with Crippen molar-refractivity contribution < 1.29 is 4.42 Å². The number of hydrogen-bond donors (Lipinski definition) is 0. The highest BCUT2D eigenvalue weighted by molar-refractivity contribution is 6.14. The van der Waals surface area contributed by atoms with E-state index in [1.54, 1.807) is 0 Å². The molecule has 250 valence electrons. The summed E-state index contributed by atoms with van der Waals surface area (Å²) in [6, 6.07) is 55.3. The molecule has 0 saturated heterocycles. The van der Waals surface area contributed by atoms with Crippen LogP contribution in [-0.4, -0.2) is 19.5 Å². The third-order valence-electron chi connectivity index (χ3n) is 11.0. The molecule has 1 aliphatic carbocycles. The van der Waals surface area contributed by atoms with Gasteiger partial charge in [-0.25, -0.2) is 15.0 Å². The molecule has 0 atom stereocenters. The SMILES string of the molecule is CC1(C)c2cc3oc4ccccc4c3cc2-c2cc3c4cc(-c5nc(-c6ccccc6)nc(-c6ccccc6)n5)ccc4n(-c4ccccc4)c3cc21. The van der Waals surface area contributed by atoms with Crippen LogP contribution in [0.2, 0.25) is 0 Å². The van der Waals surface area contributed by atoms with Crippen LogP contribution in [-0.2, 0) is 5.41 Å². The van der Waals surface area contributed by atoms with E-state index >= 15 is 0 Å². The molecule has 0 amide bonds. The number of hydrogen-bond acceptors (Lipinski definition) is 4. The third-order valence-corrected chi connectivity index (χ3v) is 11.0. The molecule has 5 heteroatoms. The normalized spacial score (nSPS) is 13.2. The lowest BCUT2D eigenvalue weighted by Gasteiger charge is -2.21. The van der Waals surface area contributed by atoms with Crippen molar-refractivity contribution in [2.24, 2.45) is 0 Å². The third kappa shape index (κ3) is 4.47. The van der Waals surface area contributed by atoms with Gasteiger partial charge in [0.1, 0.15) is 11.2 Å². The average molecular weight is 681 g/mol. The predicted octanol–water partition coefficient (Wildman–Crippen LogP) is 12.2. The molecular formula is C48H32N4O. The molecule has 3 heterocycles. The summed E-state index contributed by atoms with van der Waals surface area (Å²) in [4.78, 5) is 15.1. The number of nitrogens with zero attached hydrogens (tertiary/aromatic N) is 4. The van der Waals surface area contributed by atoms with Crippen molar-refractivity contribution in [2.75, 3.05) is 0 Å². The number of rotatable bonds is 4. The molecule has 10 aromatic rings. The highest BCUT2D eigenvalue weighted by atomic mass is 16.3. The van der Waals surface area contributed by atoms with Crippen LogP contribution in [0.5, 0.6) is 0 Å². The van der Waals surface area contributed by atoms with Crippen molar-refractivity contribution >= 4 is 43.7 Å². The molecule has 0 saturated carbocycles. The Hall–Kier alpha value is -6.85. The van der Waals surface area contributed by atoms with Gasteiger partial charge >= 0.3 is 0 Å². The van der Waals surface area contributed by atoms with Gasteiger partial charge in [0.2, 0.25) is 0 Å². The molecule has 7 aromatic carbocycles. The quantitative estimate of drug-likeness (QED) is 0.186. The van der Waals surface area contributed by atoms with E-state index in [0.29, 0.717) is 17.5 Å². The van der Waals surface area contributed by atoms with E-state index in [1.165, 1.54) is 33.2 Å². The van der Waals surface area contributed by atoms with E-state index in [4.69, 9.17) is 19.4 Å². The smallest absolute Gasteiger partial charge is 0.164 e. The number of benzene rings is 7. The molecule has 0 spiro atoms. The number of para-hydroxylation sites is 2. The van der Waals surface area contributed by atoms with Gasteiger partial charge < -0.3 is 8.98 Å². The Morgan fingerprint density at radius 2 is 0.981 bits per heavy atom. The second kappa shape index (κ2) is 11.1. The van der Waals surface area contributed by atoms with Gasteiger partial charge in [0.05, 0.1) is 11.0 Å². The lowest BCUT2D eigenvalue weighted by atomic mass is 9.82. The Balaban J connectivity index is 1.18. The zero-order valence-electron chi connectivity index (χ0n) is 29.2. The fourth-order valence-electron chi connectivity index (χ4n) is 8.39. The maximum atomic E-state index is 6.37. The van der Waals surface area contributed by atoms with E-state index in [0.717, 1.165) is 55.2 Å². The summed E-state index contributed by atoms with van der Waals surface area (Å²) in [6.45, 7) is 4.67. The second-order valence-corrected chi connectivity index (χ2v) is 14.5. The maximum absolute atomic E-state index is 6.37. The van der Waals surface area contributed by atoms with Crippen LogP contribution in [0.1, 0.15) is 25.0 Å². The topological polar surface area (TPSA) is 56.7 Å². The minimum absolute atomic E-state index is 0.221. The summed E-state index contributed by atoms with van der Waals surface area (Å²) < 4.78 is 8.77. The molecule has 53 heavy (non-hydrogen) atoms. The Labute approximate surface area is 305 Å². The predicted molar refractivity (Wildman–Crippen MR) is 215 cm³/mol. The fourth-order valence-corrected chi connectivity index (χ4v) is 8.39. The van der Waals surface area contributed by atoms with Gasteiger partial charge in [0, 0.05) is 49.3 Å². The molecule has 0 fully saturated rings. The standard InChI is InChI=1S/C48H32N4O/c1-48(2)39-27-42-37(25-34(39)35-26-38-33-20-12-13-21-43(33)53-44(38)28-40(35)48)36-24-31(22-23-41(36)52(42)32-18-10-5-11-19-32)47-50-45(29-14-6-3-7-15-29)49-46(51-47)30-16-8-4-9-17-30/h3-28H,1-2H3. The van der Waals surface area contributed by atoms with Crippen molar-refractivity contribution in [3.8, 4) is 51.0 Å². The minimum atomic E-state index is -0.221. The van der Waals surface area contributed by atoms with Crippen LogP contribution in [0.3, 0.4) is 0 Å². The van der Waals surface area contributed by atoms with Gasteiger partial charge in [-0.05, 0) is 82.9 Å². The molecule has 5 nitrogen and oxygen atoms in total. The van der Waals surface area contributed by atoms with Gasteiger partial charge in [-0.2, -0.15) is 0 Å². The summed E-state index contributed by atoms with van der Waals surface area (Å²) in [5.41, 5.74) is 13.0. The first-order chi connectivity index (χ1) is 26.0. The molecule has 0 N–H and O–H groups in total. The first kappa shape index (κ1) is 29.8. The monoisotopic (exact) mass is 680 g/mol. The Kier molecular flexibility index (Phi) is 6.23.